The molecule has 1 aliphatic rings. The second-order valence-corrected chi connectivity index (χ2v) is 5.51. The maximum absolute atomic E-state index is 5.92. The molecule has 0 N–H and O–H groups in total. The molecule has 0 bridgehead atoms. The molecule has 0 spiro atoms. The molecule has 0 amide bonds. The summed E-state index contributed by atoms with van der Waals surface area (Å²) >= 11 is 0. The Morgan fingerprint density at radius 2 is 1.86 bits per heavy atom. The van der Waals surface area contributed by atoms with Crippen LogP contribution >= 0.6 is 0 Å². The molecule has 2 aromatic rings. The first-order valence-electron chi connectivity index (χ1n) is 7.45. The van der Waals surface area contributed by atoms with Crippen LogP contribution in [0, 0.1) is 0 Å². The third kappa shape index (κ3) is 3.13. The largest absolute Gasteiger partial charge is 0.491 e. The van der Waals surface area contributed by atoms with Gasteiger partial charge < -0.3 is 14.4 Å². The van der Waals surface area contributed by atoms with Crippen LogP contribution in [0.15, 0.2) is 48.5 Å². The fraction of sp³-hybridized carbons (Fsp3) is 0.333. The minimum atomic E-state index is 0.183. The van der Waals surface area contributed by atoms with Gasteiger partial charge >= 0.3 is 0 Å². The van der Waals surface area contributed by atoms with Crippen LogP contribution in [0.1, 0.15) is 19.4 Å². The molecular formula is C18H21NO2. The molecule has 0 fully saturated rings. The first-order chi connectivity index (χ1) is 10.2. The van der Waals surface area contributed by atoms with Crippen molar-refractivity contribution in [2.24, 2.45) is 0 Å². The van der Waals surface area contributed by atoms with Crippen LogP contribution in [0.3, 0.4) is 0 Å². The van der Waals surface area contributed by atoms with E-state index in [4.69, 9.17) is 9.47 Å². The van der Waals surface area contributed by atoms with E-state index in [-0.39, 0.29) is 6.10 Å². The van der Waals surface area contributed by atoms with Crippen molar-refractivity contribution < 1.29 is 9.47 Å². The van der Waals surface area contributed by atoms with Gasteiger partial charge in [-0.1, -0.05) is 30.3 Å². The van der Waals surface area contributed by atoms with E-state index < -0.39 is 0 Å². The summed E-state index contributed by atoms with van der Waals surface area (Å²) in [4.78, 5) is 2.35. The van der Waals surface area contributed by atoms with Crippen LogP contribution in [0.5, 0.6) is 11.5 Å². The van der Waals surface area contributed by atoms with Crippen LogP contribution in [-0.2, 0) is 6.54 Å². The van der Waals surface area contributed by atoms with Crippen LogP contribution < -0.4 is 14.4 Å². The van der Waals surface area contributed by atoms with E-state index in [9.17, 15) is 0 Å². The topological polar surface area (TPSA) is 21.7 Å². The fourth-order valence-electron chi connectivity index (χ4n) is 2.60. The Balaban J connectivity index is 1.85. The molecule has 21 heavy (non-hydrogen) atoms. The number of rotatable bonds is 4. The van der Waals surface area contributed by atoms with Gasteiger partial charge in [-0.3, -0.25) is 0 Å². The van der Waals surface area contributed by atoms with Gasteiger partial charge in [0.1, 0.15) is 18.1 Å². The lowest BCUT2D eigenvalue weighted by Crippen LogP contribution is -2.32. The number of nitrogens with zero attached hydrogens (tertiary/aromatic N) is 1. The van der Waals surface area contributed by atoms with Crippen LogP contribution in [0.25, 0.3) is 0 Å². The molecule has 3 heteroatoms. The van der Waals surface area contributed by atoms with Crippen molar-refractivity contribution in [2.75, 3.05) is 18.1 Å². The third-order valence-corrected chi connectivity index (χ3v) is 3.52. The smallest absolute Gasteiger partial charge is 0.142 e. The van der Waals surface area contributed by atoms with E-state index in [2.05, 4.69) is 43.0 Å². The highest BCUT2D eigenvalue weighted by Gasteiger charge is 2.18. The summed E-state index contributed by atoms with van der Waals surface area (Å²) in [5, 5.41) is 0. The van der Waals surface area contributed by atoms with Gasteiger partial charge in [-0.05, 0) is 32.0 Å². The van der Waals surface area contributed by atoms with Crippen molar-refractivity contribution in [1.82, 2.24) is 0 Å². The van der Waals surface area contributed by atoms with Crippen LogP contribution in [0.2, 0.25) is 0 Å². The van der Waals surface area contributed by atoms with E-state index in [0.717, 1.165) is 36.9 Å². The minimum absolute atomic E-state index is 0.183. The van der Waals surface area contributed by atoms with Crippen molar-refractivity contribution in [1.29, 1.82) is 0 Å². The average Bonchev–Trinajstić information content (AvgIpc) is 2.49. The number of benzene rings is 2. The van der Waals surface area contributed by atoms with Gasteiger partial charge in [-0.25, -0.2) is 0 Å². The zero-order chi connectivity index (χ0) is 14.7. The highest BCUT2D eigenvalue weighted by atomic mass is 16.5. The van der Waals surface area contributed by atoms with E-state index in [0.29, 0.717) is 0 Å². The highest BCUT2D eigenvalue weighted by molar-refractivity contribution is 5.60. The summed E-state index contributed by atoms with van der Waals surface area (Å²) in [5.41, 5.74) is 2.37. The zero-order valence-corrected chi connectivity index (χ0v) is 12.6. The highest BCUT2D eigenvalue weighted by Crippen LogP contribution is 2.33. The molecule has 0 radical (unpaired) electrons. The average molecular weight is 283 g/mol. The number of hydrogen-bond donors (Lipinski definition) is 0. The Morgan fingerprint density at radius 1 is 1.10 bits per heavy atom. The lowest BCUT2D eigenvalue weighted by Gasteiger charge is -2.31. The molecule has 110 valence electrons. The second-order valence-electron chi connectivity index (χ2n) is 5.51. The quantitative estimate of drug-likeness (QED) is 0.850. The summed E-state index contributed by atoms with van der Waals surface area (Å²) in [6.07, 6.45) is 0.183. The maximum atomic E-state index is 5.92. The summed E-state index contributed by atoms with van der Waals surface area (Å²) in [6.45, 7) is 6.57. The van der Waals surface area contributed by atoms with Crippen molar-refractivity contribution in [2.45, 2.75) is 26.5 Å². The molecule has 3 nitrogen and oxygen atoms in total. The number of hydrogen-bond acceptors (Lipinski definition) is 3. The minimum Gasteiger partial charge on any atom is -0.491 e. The molecule has 1 heterocycles. The first-order valence-corrected chi connectivity index (χ1v) is 7.45. The van der Waals surface area contributed by atoms with Crippen LogP contribution in [-0.4, -0.2) is 19.3 Å². The predicted molar refractivity (Wildman–Crippen MR) is 85.2 cm³/mol. The Hall–Kier alpha value is -2.16. The van der Waals surface area contributed by atoms with Crippen molar-refractivity contribution >= 4 is 5.69 Å². The fourth-order valence-corrected chi connectivity index (χ4v) is 2.60. The lowest BCUT2D eigenvalue weighted by molar-refractivity contribution is 0.239. The van der Waals surface area contributed by atoms with Gasteiger partial charge in [-0.2, -0.15) is 0 Å². The van der Waals surface area contributed by atoms with E-state index in [1.807, 2.05) is 24.3 Å². The molecule has 2 aromatic carbocycles. The normalized spacial score (nSPS) is 13.8. The molecule has 3 rings (SSSR count). The molecule has 0 aliphatic carbocycles. The Morgan fingerprint density at radius 3 is 2.71 bits per heavy atom. The Labute approximate surface area is 126 Å². The van der Waals surface area contributed by atoms with Gasteiger partial charge in [0, 0.05) is 12.1 Å². The molecule has 0 saturated heterocycles. The van der Waals surface area contributed by atoms with Gasteiger partial charge in [0.2, 0.25) is 0 Å². The summed E-state index contributed by atoms with van der Waals surface area (Å²) < 4.78 is 11.6. The molecule has 1 aliphatic heterocycles. The monoisotopic (exact) mass is 283 g/mol. The number of ether oxygens (including phenoxy) is 2. The van der Waals surface area contributed by atoms with Crippen molar-refractivity contribution in [3.05, 3.63) is 54.1 Å². The van der Waals surface area contributed by atoms with Gasteiger partial charge in [0.15, 0.2) is 0 Å². The Bertz CT molecular complexity index is 610. The van der Waals surface area contributed by atoms with Gasteiger partial charge in [0.05, 0.1) is 18.3 Å². The molecular weight excluding hydrogens is 262 g/mol. The van der Waals surface area contributed by atoms with E-state index >= 15 is 0 Å². The lowest BCUT2D eigenvalue weighted by atomic mass is 10.1. The first kappa shape index (κ1) is 13.8. The standard InChI is InChI=1S/C18H21NO2/c1-14(2)21-17-9-5-3-7-15(17)13-19-11-12-20-18-10-6-4-8-16(18)19/h3-10,14H,11-13H2,1-2H3. The maximum Gasteiger partial charge on any atom is 0.142 e. The second kappa shape index (κ2) is 6.08. The Kier molecular flexibility index (Phi) is 4.00. The van der Waals surface area contributed by atoms with Crippen molar-refractivity contribution in [3.63, 3.8) is 0 Å². The van der Waals surface area contributed by atoms with Gasteiger partial charge in [0.25, 0.3) is 0 Å². The van der Waals surface area contributed by atoms with Crippen molar-refractivity contribution in [3.8, 4) is 11.5 Å². The summed E-state index contributed by atoms with van der Waals surface area (Å²) in [7, 11) is 0. The molecule has 0 saturated carbocycles. The van der Waals surface area contributed by atoms with E-state index in [1.165, 1.54) is 5.56 Å². The summed E-state index contributed by atoms with van der Waals surface area (Å²) in [5.74, 6) is 1.93. The third-order valence-electron chi connectivity index (χ3n) is 3.52. The van der Waals surface area contributed by atoms with Crippen LogP contribution in [0.4, 0.5) is 5.69 Å². The zero-order valence-electron chi connectivity index (χ0n) is 12.6. The SMILES string of the molecule is CC(C)Oc1ccccc1CN1CCOc2ccccc21. The number of para-hydroxylation sites is 3. The molecule has 0 atom stereocenters. The van der Waals surface area contributed by atoms with Gasteiger partial charge in [-0.15, -0.1) is 0 Å². The predicted octanol–water partition coefficient (Wildman–Crippen LogP) is 3.87. The van der Waals surface area contributed by atoms with E-state index in [1.54, 1.807) is 0 Å². The number of fused-ring (bicyclic) bond motifs is 1. The summed E-state index contributed by atoms with van der Waals surface area (Å²) in [6, 6.07) is 16.5. The molecule has 0 unspecified atom stereocenters. The number of anilines is 1. The molecule has 0 aromatic heterocycles.